The normalized spacial score (nSPS) is 15.4. The van der Waals surface area contributed by atoms with Crippen LogP contribution >= 0.6 is 0 Å². The van der Waals surface area contributed by atoms with Crippen molar-refractivity contribution in [3.63, 3.8) is 0 Å². The fourth-order valence-electron chi connectivity index (χ4n) is 3.02. The summed E-state index contributed by atoms with van der Waals surface area (Å²) in [6.45, 7) is 0.417. The number of anilines is 1. The number of nitrogens with two attached hydrogens (primary N) is 1. The van der Waals surface area contributed by atoms with Crippen LogP contribution < -0.4 is 21.4 Å². The topological polar surface area (TPSA) is 117 Å². The number of benzene rings is 2. The molecular weight excluding hydrogens is 389 g/mol. The number of nitrogens with zero attached hydrogens (tertiary/aromatic N) is 2. The van der Waals surface area contributed by atoms with Crippen LogP contribution in [0.15, 0.2) is 59.7 Å². The number of carbonyl (C=O) groups is 3. The highest BCUT2D eigenvalue weighted by Crippen LogP contribution is 2.24. The van der Waals surface area contributed by atoms with E-state index in [1.807, 2.05) is 6.07 Å². The van der Waals surface area contributed by atoms with E-state index >= 15 is 0 Å². The fraction of sp³-hybridized carbons (Fsp3) is 0.238. The molecule has 1 unspecified atom stereocenters. The summed E-state index contributed by atoms with van der Waals surface area (Å²) in [6.07, 6.45) is 0.222. The quantitative estimate of drug-likeness (QED) is 0.555. The Labute approximate surface area is 172 Å². The smallest absolute Gasteiger partial charge is 0.267 e. The van der Waals surface area contributed by atoms with Crippen molar-refractivity contribution in [1.29, 1.82) is 0 Å². The minimum Gasteiger partial charge on any atom is -0.368 e. The Bertz CT molecular complexity index is 947. The molecule has 1 aliphatic heterocycles. The molecule has 0 bridgehead atoms. The van der Waals surface area contributed by atoms with E-state index in [1.54, 1.807) is 36.4 Å². The number of para-hydroxylation sites is 1. The highest BCUT2D eigenvalue weighted by molar-refractivity contribution is 6.40. The van der Waals surface area contributed by atoms with E-state index in [1.165, 1.54) is 17.1 Å². The van der Waals surface area contributed by atoms with Crippen molar-refractivity contribution in [2.45, 2.75) is 18.9 Å². The number of rotatable bonds is 8. The van der Waals surface area contributed by atoms with Gasteiger partial charge in [-0.25, -0.2) is 4.39 Å². The minimum absolute atomic E-state index is 0.104. The molecule has 1 heterocycles. The zero-order valence-corrected chi connectivity index (χ0v) is 16.2. The fourth-order valence-corrected chi connectivity index (χ4v) is 3.02. The summed E-state index contributed by atoms with van der Waals surface area (Å²) in [5.41, 5.74) is 7.01. The lowest BCUT2D eigenvalue weighted by Crippen LogP contribution is -2.40. The number of primary amides is 1. The van der Waals surface area contributed by atoms with Crippen molar-refractivity contribution in [2.24, 2.45) is 10.8 Å². The summed E-state index contributed by atoms with van der Waals surface area (Å²) in [6, 6.07) is 13.9. The molecule has 2 aromatic rings. The van der Waals surface area contributed by atoms with E-state index < -0.39 is 17.9 Å². The Hall–Kier alpha value is -3.75. The molecule has 3 amide bonds. The van der Waals surface area contributed by atoms with Crippen molar-refractivity contribution < 1.29 is 18.8 Å². The van der Waals surface area contributed by atoms with E-state index in [2.05, 4.69) is 15.7 Å². The van der Waals surface area contributed by atoms with E-state index in [4.69, 9.17) is 5.73 Å². The summed E-state index contributed by atoms with van der Waals surface area (Å²) in [5.74, 6) is -1.59. The van der Waals surface area contributed by atoms with Gasteiger partial charge in [0.15, 0.2) is 0 Å². The maximum absolute atomic E-state index is 12.9. The molecule has 4 N–H and O–H groups in total. The van der Waals surface area contributed by atoms with Crippen LogP contribution in [-0.2, 0) is 20.8 Å². The van der Waals surface area contributed by atoms with Crippen molar-refractivity contribution in [3.8, 4) is 0 Å². The molecule has 8 nitrogen and oxygen atoms in total. The van der Waals surface area contributed by atoms with Gasteiger partial charge in [0.05, 0.1) is 12.1 Å². The lowest BCUT2D eigenvalue weighted by molar-refractivity contribution is -0.121. The van der Waals surface area contributed by atoms with Gasteiger partial charge in [-0.15, -0.1) is 0 Å². The summed E-state index contributed by atoms with van der Waals surface area (Å²) in [4.78, 5) is 36.1. The second-order valence-corrected chi connectivity index (χ2v) is 6.76. The largest absolute Gasteiger partial charge is 0.368 e. The highest BCUT2D eigenvalue weighted by atomic mass is 19.1. The lowest BCUT2D eigenvalue weighted by Gasteiger charge is -2.20. The third kappa shape index (κ3) is 5.40. The maximum atomic E-state index is 12.9. The Morgan fingerprint density at radius 2 is 1.70 bits per heavy atom. The molecule has 0 aromatic heterocycles. The first-order valence-electron chi connectivity index (χ1n) is 9.44. The molecule has 2 aromatic carbocycles. The molecule has 0 fully saturated rings. The van der Waals surface area contributed by atoms with Crippen LogP contribution in [0.1, 0.15) is 12.0 Å². The van der Waals surface area contributed by atoms with Gasteiger partial charge in [-0.3, -0.25) is 19.4 Å². The first-order valence-corrected chi connectivity index (χ1v) is 9.44. The van der Waals surface area contributed by atoms with Crippen molar-refractivity contribution in [2.75, 3.05) is 18.1 Å². The predicted molar refractivity (Wildman–Crippen MR) is 110 cm³/mol. The summed E-state index contributed by atoms with van der Waals surface area (Å²) in [5, 5.41) is 11.1. The van der Waals surface area contributed by atoms with Crippen LogP contribution in [0.5, 0.6) is 0 Å². The molecule has 30 heavy (non-hydrogen) atoms. The molecule has 0 spiro atoms. The van der Waals surface area contributed by atoms with Crippen LogP contribution in [0.3, 0.4) is 0 Å². The van der Waals surface area contributed by atoms with Crippen molar-refractivity contribution >= 4 is 29.1 Å². The number of hydrogen-bond acceptors (Lipinski definition) is 5. The molecule has 0 aliphatic carbocycles. The third-order valence-electron chi connectivity index (χ3n) is 4.53. The van der Waals surface area contributed by atoms with Gasteiger partial charge in [0.1, 0.15) is 17.6 Å². The average molecular weight is 411 g/mol. The predicted octanol–water partition coefficient (Wildman–Crippen LogP) is 0.721. The zero-order valence-electron chi connectivity index (χ0n) is 16.2. The van der Waals surface area contributed by atoms with E-state index in [0.29, 0.717) is 11.3 Å². The molecule has 1 atom stereocenters. The first kappa shape index (κ1) is 21.0. The van der Waals surface area contributed by atoms with Crippen molar-refractivity contribution in [1.82, 2.24) is 10.6 Å². The van der Waals surface area contributed by atoms with Gasteiger partial charge < -0.3 is 16.4 Å². The van der Waals surface area contributed by atoms with Gasteiger partial charge in [0, 0.05) is 19.5 Å². The zero-order chi connectivity index (χ0) is 21.5. The second kappa shape index (κ2) is 9.64. The number of hydrazone groups is 1. The van der Waals surface area contributed by atoms with Crippen LogP contribution in [0.4, 0.5) is 10.1 Å². The van der Waals surface area contributed by atoms with Gasteiger partial charge in [0.2, 0.25) is 11.8 Å². The molecule has 3 rings (SSSR count). The molecular formula is C21H22FN5O3. The van der Waals surface area contributed by atoms with Gasteiger partial charge >= 0.3 is 0 Å². The van der Waals surface area contributed by atoms with Crippen LogP contribution in [0.2, 0.25) is 0 Å². The molecule has 1 aliphatic rings. The van der Waals surface area contributed by atoms with Crippen LogP contribution in [-0.4, -0.2) is 42.6 Å². The standard InChI is InChI=1S/C21H22FN5O3/c22-15-8-6-14(7-9-15)12-19(28)24-10-11-25-21(30)17-13-18(20(23)29)27(26-17)16-4-2-1-3-5-16/h1-9,18H,10-13H2,(H2,23,29)(H,24,28)(H,25,30). The van der Waals surface area contributed by atoms with Gasteiger partial charge in [0.25, 0.3) is 5.91 Å². The Morgan fingerprint density at radius 3 is 2.37 bits per heavy atom. The maximum Gasteiger partial charge on any atom is 0.267 e. The number of halogens is 1. The summed E-state index contributed by atoms with van der Waals surface area (Å²) in [7, 11) is 0. The van der Waals surface area contributed by atoms with Gasteiger partial charge in [-0.2, -0.15) is 5.10 Å². The van der Waals surface area contributed by atoms with Crippen LogP contribution in [0.25, 0.3) is 0 Å². The molecule has 9 heteroatoms. The monoisotopic (exact) mass is 411 g/mol. The summed E-state index contributed by atoms with van der Waals surface area (Å²) < 4.78 is 12.9. The average Bonchev–Trinajstić information content (AvgIpc) is 3.19. The molecule has 0 saturated heterocycles. The highest BCUT2D eigenvalue weighted by Gasteiger charge is 2.34. The molecule has 0 saturated carbocycles. The first-order chi connectivity index (χ1) is 14.4. The number of carbonyl (C=O) groups excluding carboxylic acids is 3. The Kier molecular flexibility index (Phi) is 6.74. The second-order valence-electron chi connectivity index (χ2n) is 6.76. The Balaban J connectivity index is 1.48. The van der Waals surface area contributed by atoms with Crippen LogP contribution in [0, 0.1) is 5.82 Å². The Morgan fingerprint density at radius 1 is 1.03 bits per heavy atom. The summed E-state index contributed by atoms with van der Waals surface area (Å²) >= 11 is 0. The number of nitrogens with one attached hydrogen (secondary N) is 2. The number of hydrogen-bond donors (Lipinski definition) is 3. The van der Waals surface area contributed by atoms with Gasteiger partial charge in [-0.1, -0.05) is 30.3 Å². The van der Waals surface area contributed by atoms with E-state index in [0.717, 1.165) is 0 Å². The third-order valence-corrected chi connectivity index (χ3v) is 4.53. The van der Waals surface area contributed by atoms with Crippen molar-refractivity contribution in [3.05, 3.63) is 66.0 Å². The number of amides is 3. The SMILES string of the molecule is NC(=O)C1CC(C(=O)NCCNC(=O)Cc2ccc(F)cc2)=NN1c1ccccc1. The van der Waals surface area contributed by atoms with E-state index in [-0.39, 0.29) is 43.4 Å². The molecule has 0 radical (unpaired) electrons. The van der Waals surface area contributed by atoms with Gasteiger partial charge in [-0.05, 0) is 29.8 Å². The minimum atomic E-state index is -0.733. The van der Waals surface area contributed by atoms with E-state index in [9.17, 15) is 18.8 Å². The molecule has 156 valence electrons. The lowest BCUT2D eigenvalue weighted by atomic mass is 10.1.